The van der Waals surface area contributed by atoms with Crippen molar-refractivity contribution in [1.29, 1.82) is 0 Å². The van der Waals surface area contributed by atoms with E-state index in [-0.39, 0.29) is 5.41 Å². The van der Waals surface area contributed by atoms with Gasteiger partial charge in [-0.05, 0) is 23.8 Å². The molecule has 0 aliphatic carbocycles. The Bertz CT molecular complexity index is 398. The van der Waals surface area contributed by atoms with Crippen molar-refractivity contribution >= 4 is 5.69 Å². The van der Waals surface area contributed by atoms with E-state index in [1.54, 1.807) is 12.1 Å². The van der Waals surface area contributed by atoms with Crippen molar-refractivity contribution < 1.29 is 9.47 Å². The van der Waals surface area contributed by atoms with Gasteiger partial charge in [-0.3, -0.25) is 0 Å². The maximum Gasteiger partial charge on any atom is 0.240 e. The van der Waals surface area contributed by atoms with Crippen molar-refractivity contribution in [3.05, 3.63) is 12.1 Å². The number of pyridine rings is 1. The van der Waals surface area contributed by atoms with E-state index in [0.29, 0.717) is 36.6 Å². The minimum atomic E-state index is 0.255. The van der Waals surface area contributed by atoms with Crippen LogP contribution in [0.1, 0.15) is 41.0 Å². The van der Waals surface area contributed by atoms with E-state index in [0.717, 1.165) is 6.42 Å². The third-order valence-corrected chi connectivity index (χ3v) is 2.52. The van der Waals surface area contributed by atoms with Crippen LogP contribution in [-0.2, 0) is 0 Å². The van der Waals surface area contributed by atoms with Gasteiger partial charge in [-0.1, -0.05) is 34.6 Å². The summed E-state index contributed by atoms with van der Waals surface area (Å²) in [5.74, 6) is 1.46. The van der Waals surface area contributed by atoms with Gasteiger partial charge in [0.05, 0.1) is 18.9 Å². The second-order valence-corrected chi connectivity index (χ2v) is 6.41. The van der Waals surface area contributed by atoms with Crippen LogP contribution in [0, 0.1) is 11.3 Å². The lowest BCUT2D eigenvalue weighted by Gasteiger charge is -2.18. The molecule has 0 spiro atoms. The lowest BCUT2D eigenvalue weighted by molar-refractivity contribution is 0.227. The number of hydrogen-bond acceptors (Lipinski definition) is 4. The van der Waals surface area contributed by atoms with Crippen LogP contribution >= 0.6 is 0 Å². The first kappa shape index (κ1) is 15.6. The molecule has 0 atom stereocenters. The van der Waals surface area contributed by atoms with E-state index < -0.39 is 0 Å². The minimum Gasteiger partial charge on any atom is -0.478 e. The summed E-state index contributed by atoms with van der Waals surface area (Å²) in [6.45, 7) is 12.0. The molecule has 0 saturated heterocycles. The number of ether oxygens (including phenoxy) is 2. The highest BCUT2D eigenvalue weighted by Crippen LogP contribution is 2.24. The molecular weight excluding hydrogens is 240 g/mol. The van der Waals surface area contributed by atoms with Crippen molar-refractivity contribution in [2.24, 2.45) is 11.3 Å². The monoisotopic (exact) mass is 266 g/mol. The standard InChI is InChI=1S/C15H26N2O2/c1-11(2)10-19-14-12(16)6-7-13(17-14)18-9-8-15(3,4)5/h6-7,11H,8-10,16H2,1-5H3. The third-order valence-electron chi connectivity index (χ3n) is 2.52. The van der Waals surface area contributed by atoms with Gasteiger partial charge in [-0.15, -0.1) is 0 Å². The normalized spacial score (nSPS) is 11.7. The van der Waals surface area contributed by atoms with Crippen LogP contribution in [-0.4, -0.2) is 18.2 Å². The molecule has 1 aromatic heterocycles. The number of nitrogens with two attached hydrogens (primary N) is 1. The van der Waals surface area contributed by atoms with Gasteiger partial charge in [0.1, 0.15) is 0 Å². The molecule has 1 aromatic rings. The van der Waals surface area contributed by atoms with Crippen molar-refractivity contribution in [1.82, 2.24) is 4.98 Å². The maximum atomic E-state index is 5.83. The van der Waals surface area contributed by atoms with Gasteiger partial charge >= 0.3 is 0 Å². The molecule has 0 unspecified atom stereocenters. The quantitative estimate of drug-likeness (QED) is 0.856. The SMILES string of the molecule is CC(C)COc1nc(OCCC(C)(C)C)ccc1N. The Morgan fingerprint density at radius 3 is 2.47 bits per heavy atom. The van der Waals surface area contributed by atoms with Crippen LogP contribution in [0.25, 0.3) is 0 Å². The van der Waals surface area contributed by atoms with Gasteiger partial charge in [0.2, 0.25) is 11.8 Å². The first-order chi connectivity index (χ1) is 8.78. The zero-order valence-corrected chi connectivity index (χ0v) is 12.7. The highest BCUT2D eigenvalue weighted by atomic mass is 16.5. The molecule has 4 heteroatoms. The van der Waals surface area contributed by atoms with E-state index in [9.17, 15) is 0 Å². The second kappa shape index (κ2) is 6.64. The Kier molecular flexibility index (Phi) is 5.45. The minimum absolute atomic E-state index is 0.255. The van der Waals surface area contributed by atoms with Crippen LogP contribution < -0.4 is 15.2 Å². The van der Waals surface area contributed by atoms with Crippen LogP contribution in [0.5, 0.6) is 11.8 Å². The third kappa shape index (κ3) is 6.32. The molecule has 2 N–H and O–H groups in total. The summed E-state index contributed by atoms with van der Waals surface area (Å²) in [6.07, 6.45) is 0.973. The Morgan fingerprint density at radius 2 is 1.89 bits per heavy atom. The zero-order valence-electron chi connectivity index (χ0n) is 12.7. The van der Waals surface area contributed by atoms with Crippen LogP contribution in [0.2, 0.25) is 0 Å². The number of nitrogens with zero attached hydrogens (tertiary/aromatic N) is 1. The van der Waals surface area contributed by atoms with Gasteiger partial charge in [0, 0.05) is 6.07 Å². The zero-order chi connectivity index (χ0) is 14.5. The Balaban J connectivity index is 2.57. The lowest BCUT2D eigenvalue weighted by Crippen LogP contribution is -2.12. The molecule has 0 fully saturated rings. The summed E-state index contributed by atoms with van der Waals surface area (Å²) in [4.78, 5) is 4.29. The topological polar surface area (TPSA) is 57.4 Å². The van der Waals surface area contributed by atoms with Gasteiger partial charge in [-0.25, -0.2) is 0 Å². The van der Waals surface area contributed by atoms with Crippen LogP contribution in [0.15, 0.2) is 12.1 Å². The van der Waals surface area contributed by atoms with E-state index in [1.807, 2.05) is 0 Å². The highest BCUT2D eigenvalue weighted by molar-refractivity contribution is 5.49. The average Bonchev–Trinajstić information content (AvgIpc) is 2.27. The molecule has 108 valence electrons. The first-order valence-electron chi connectivity index (χ1n) is 6.80. The molecule has 0 aliphatic rings. The predicted octanol–water partition coefficient (Wildman–Crippen LogP) is 3.51. The molecule has 4 nitrogen and oxygen atoms in total. The molecule has 1 heterocycles. The number of nitrogen functional groups attached to an aromatic ring is 1. The van der Waals surface area contributed by atoms with E-state index in [2.05, 4.69) is 39.6 Å². The maximum absolute atomic E-state index is 5.83. The second-order valence-electron chi connectivity index (χ2n) is 6.41. The molecule has 0 bridgehead atoms. The Morgan fingerprint density at radius 1 is 1.21 bits per heavy atom. The van der Waals surface area contributed by atoms with Gasteiger partial charge in [-0.2, -0.15) is 4.98 Å². The van der Waals surface area contributed by atoms with E-state index in [1.165, 1.54) is 0 Å². The molecule has 0 aromatic carbocycles. The van der Waals surface area contributed by atoms with Crippen LogP contribution in [0.3, 0.4) is 0 Å². The highest BCUT2D eigenvalue weighted by Gasteiger charge is 2.11. The molecule has 19 heavy (non-hydrogen) atoms. The molecule has 0 radical (unpaired) electrons. The summed E-state index contributed by atoms with van der Waals surface area (Å²) in [5.41, 5.74) is 6.63. The summed E-state index contributed by atoms with van der Waals surface area (Å²) in [6, 6.07) is 3.55. The van der Waals surface area contributed by atoms with Crippen molar-refractivity contribution in [2.75, 3.05) is 18.9 Å². The fourth-order valence-electron chi connectivity index (χ4n) is 1.34. The van der Waals surface area contributed by atoms with Crippen molar-refractivity contribution in [3.63, 3.8) is 0 Å². The summed E-state index contributed by atoms with van der Waals surface area (Å²) < 4.78 is 11.2. The van der Waals surface area contributed by atoms with Crippen molar-refractivity contribution in [3.8, 4) is 11.8 Å². The summed E-state index contributed by atoms with van der Waals surface area (Å²) >= 11 is 0. The largest absolute Gasteiger partial charge is 0.478 e. The van der Waals surface area contributed by atoms with Gasteiger partial charge in [0.25, 0.3) is 0 Å². The van der Waals surface area contributed by atoms with Crippen LogP contribution in [0.4, 0.5) is 5.69 Å². The molecule has 0 aliphatic heterocycles. The fraction of sp³-hybridized carbons (Fsp3) is 0.667. The Hall–Kier alpha value is -1.45. The number of hydrogen-bond donors (Lipinski definition) is 1. The van der Waals surface area contributed by atoms with Crippen molar-refractivity contribution in [2.45, 2.75) is 41.0 Å². The Labute approximate surface area is 116 Å². The molecule has 1 rings (SSSR count). The number of rotatable bonds is 6. The van der Waals surface area contributed by atoms with Gasteiger partial charge in [0.15, 0.2) is 0 Å². The average molecular weight is 266 g/mol. The molecular formula is C15H26N2O2. The summed E-state index contributed by atoms with van der Waals surface area (Å²) in [7, 11) is 0. The van der Waals surface area contributed by atoms with E-state index >= 15 is 0 Å². The predicted molar refractivity (Wildman–Crippen MR) is 78.5 cm³/mol. The number of anilines is 1. The van der Waals surface area contributed by atoms with Gasteiger partial charge < -0.3 is 15.2 Å². The lowest BCUT2D eigenvalue weighted by atomic mass is 9.93. The summed E-state index contributed by atoms with van der Waals surface area (Å²) in [5, 5.41) is 0. The smallest absolute Gasteiger partial charge is 0.240 e. The first-order valence-corrected chi connectivity index (χ1v) is 6.80. The van der Waals surface area contributed by atoms with E-state index in [4.69, 9.17) is 15.2 Å². The number of aromatic nitrogens is 1. The molecule has 0 amide bonds. The fourth-order valence-corrected chi connectivity index (χ4v) is 1.34. The molecule has 0 saturated carbocycles.